The smallest absolute Gasteiger partial charge is 0.228 e. The second-order valence-electron chi connectivity index (χ2n) is 8.69. The van der Waals surface area contributed by atoms with Gasteiger partial charge in [-0.25, -0.2) is 14.6 Å². The second kappa shape index (κ2) is 8.63. The van der Waals surface area contributed by atoms with Crippen molar-refractivity contribution in [1.82, 2.24) is 19.7 Å². The minimum Gasteiger partial charge on any atom is -0.395 e. The van der Waals surface area contributed by atoms with Crippen LogP contribution in [-0.2, 0) is 16.7 Å². The van der Waals surface area contributed by atoms with Crippen molar-refractivity contribution in [1.29, 1.82) is 5.26 Å². The molecule has 4 heterocycles. The zero-order chi connectivity index (χ0) is 23.0. The maximum Gasteiger partial charge on any atom is 0.228 e. The monoisotopic (exact) mass is 465 g/mol. The van der Waals surface area contributed by atoms with Crippen molar-refractivity contribution in [2.45, 2.75) is 37.8 Å². The van der Waals surface area contributed by atoms with Gasteiger partial charge >= 0.3 is 0 Å². The fourth-order valence-electron chi connectivity index (χ4n) is 4.37. The Morgan fingerprint density at radius 2 is 2.30 bits per heavy atom. The van der Waals surface area contributed by atoms with Crippen LogP contribution in [0.5, 0.6) is 0 Å². The molecule has 3 aromatic rings. The van der Waals surface area contributed by atoms with Gasteiger partial charge in [-0.1, -0.05) is 18.5 Å². The summed E-state index contributed by atoms with van der Waals surface area (Å²) >= 11 is 6.16. The molecule has 0 saturated carbocycles. The number of aliphatic hydroxyl groups excluding tert-OH is 1. The Hall–Kier alpha value is -3.19. The first-order chi connectivity index (χ1) is 16.0. The van der Waals surface area contributed by atoms with E-state index in [1.165, 1.54) is 0 Å². The van der Waals surface area contributed by atoms with E-state index < -0.39 is 5.41 Å². The largest absolute Gasteiger partial charge is 0.395 e. The minimum absolute atomic E-state index is 0.0205. The second-order valence-corrected chi connectivity index (χ2v) is 9.08. The number of ether oxygens (including phenoxy) is 1. The highest BCUT2D eigenvalue weighted by molar-refractivity contribution is 6.29. The van der Waals surface area contributed by atoms with Gasteiger partial charge in [-0.05, 0) is 36.6 Å². The summed E-state index contributed by atoms with van der Waals surface area (Å²) in [6, 6.07) is 9.57. The lowest BCUT2D eigenvalue weighted by atomic mass is 9.83. The van der Waals surface area contributed by atoms with Gasteiger partial charge in [0.2, 0.25) is 5.95 Å². The predicted octanol–water partition coefficient (Wildman–Crippen LogP) is 3.46. The van der Waals surface area contributed by atoms with Crippen LogP contribution in [0.4, 0.5) is 17.5 Å². The first-order valence-corrected chi connectivity index (χ1v) is 11.3. The molecular formula is C23H24ClN7O2. The van der Waals surface area contributed by atoms with Crippen LogP contribution in [0.2, 0.25) is 5.15 Å². The van der Waals surface area contributed by atoms with Crippen molar-refractivity contribution < 1.29 is 9.84 Å². The molecule has 33 heavy (non-hydrogen) atoms. The Kier molecular flexibility index (Phi) is 5.66. The lowest BCUT2D eigenvalue weighted by Crippen LogP contribution is -2.28. The summed E-state index contributed by atoms with van der Waals surface area (Å²) in [5.74, 6) is 1.07. The highest BCUT2D eigenvalue weighted by Crippen LogP contribution is 2.41. The van der Waals surface area contributed by atoms with E-state index in [-0.39, 0.29) is 12.7 Å². The van der Waals surface area contributed by atoms with Gasteiger partial charge in [0.1, 0.15) is 11.9 Å². The first-order valence-electron chi connectivity index (χ1n) is 10.9. The summed E-state index contributed by atoms with van der Waals surface area (Å²) in [4.78, 5) is 9.01. The minimum atomic E-state index is -0.462. The predicted molar refractivity (Wildman–Crippen MR) is 125 cm³/mol. The number of nitrogens with zero attached hydrogens (tertiary/aromatic N) is 5. The van der Waals surface area contributed by atoms with E-state index in [2.05, 4.69) is 31.8 Å². The molecule has 3 N–H and O–H groups in total. The number of fused-ring (bicyclic) bond motifs is 1. The SMILES string of the molecule is C[C@]1(CO)CNc2c(C#N)cc(-c3ccnc(Nc4cc(Cl)nn4C[C@@H]4CCCO4)n3)cc21. The van der Waals surface area contributed by atoms with Gasteiger partial charge in [-0.3, -0.25) is 0 Å². The number of hydrogen-bond donors (Lipinski definition) is 3. The maximum absolute atomic E-state index is 9.95. The van der Waals surface area contributed by atoms with Gasteiger partial charge in [-0.15, -0.1) is 0 Å². The first kappa shape index (κ1) is 21.6. The Labute approximate surface area is 196 Å². The third-order valence-electron chi connectivity index (χ3n) is 6.26. The maximum atomic E-state index is 9.95. The number of nitrogens with one attached hydrogen (secondary N) is 2. The molecule has 5 rings (SSSR count). The summed E-state index contributed by atoms with van der Waals surface area (Å²) in [6.45, 7) is 3.89. The van der Waals surface area contributed by atoms with Crippen LogP contribution in [0.15, 0.2) is 30.5 Å². The van der Waals surface area contributed by atoms with E-state index in [1.54, 1.807) is 29.1 Å². The van der Waals surface area contributed by atoms with Crippen LogP contribution in [0, 0.1) is 11.3 Å². The normalized spacial score (nSPS) is 21.5. The van der Waals surface area contributed by atoms with Gasteiger partial charge in [0.05, 0.1) is 36.2 Å². The molecule has 0 bridgehead atoms. The van der Waals surface area contributed by atoms with E-state index in [0.29, 0.717) is 41.3 Å². The molecule has 2 aromatic heterocycles. The molecule has 0 radical (unpaired) electrons. The van der Waals surface area contributed by atoms with Gasteiger partial charge in [0.15, 0.2) is 5.15 Å². The van der Waals surface area contributed by atoms with E-state index >= 15 is 0 Å². The van der Waals surface area contributed by atoms with Crippen molar-refractivity contribution in [3.05, 3.63) is 46.7 Å². The van der Waals surface area contributed by atoms with Gasteiger partial charge < -0.3 is 20.5 Å². The summed E-state index contributed by atoms with van der Waals surface area (Å²) in [6.07, 6.45) is 3.81. The molecule has 0 amide bonds. The third-order valence-corrected chi connectivity index (χ3v) is 6.44. The lowest BCUT2D eigenvalue weighted by Gasteiger charge is -2.21. The Morgan fingerprint density at radius 1 is 1.42 bits per heavy atom. The van der Waals surface area contributed by atoms with Crippen LogP contribution in [0.3, 0.4) is 0 Å². The van der Waals surface area contributed by atoms with Crippen LogP contribution in [0.1, 0.15) is 30.9 Å². The van der Waals surface area contributed by atoms with Crippen LogP contribution < -0.4 is 10.6 Å². The standard InChI is InChI=1S/C23H24ClN7O2/c1-23(13-32)12-27-21-15(10-25)7-14(8-17(21)23)18-4-5-26-22(28-18)29-20-9-19(24)30-31(20)11-16-3-2-6-33-16/h4-5,7-9,16,27,32H,2-3,6,11-13H2,1H3,(H,26,28,29)/t16-,23+/m0/s1. The zero-order valence-electron chi connectivity index (χ0n) is 18.2. The fourth-order valence-corrected chi connectivity index (χ4v) is 4.56. The molecule has 2 aliphatic heterocycles. The van der Waals surface area contributed by atoms with E-state index in [1.807, 2.05) is 13.0 Å². The summed E-state index contributed by atoms with van der Waals surface area (Å²) < 4.78 is 7.49. The molecule has 2 atom stereocenters. The average molecular weight is 466 g/mol. The molecule has 2 aliphatic rings. The fraction of sp³-hybridized carbons (Fsp3) is 0.391. The van der Waals surface area contributed by atoms with Crippen LogP contribution in [0.25, 0.3) is 11.3 Å². The van der Waals surface area contributed by atoms with Crippen LogP contribution >= 0.6 is 11.6 Å². The molecule has 0 unspecified atom stereocenters. The van der Waals surface area contributed by atoms with Gasteiger partial charge in [0.25, 0.3) is 0 Å². The number of hydrogen-bond acceptors (Lipinski definition) is 8. The molecule has 10 heteroatoms. The molecule has 1 fully saturated rings. The molecular weight excluding hydrogens is 442 g/mol. The average Bonchev–Trinajstić information content (AvgIpc) is 3.54. The molecule has 1 saturated heterocycles. The summed E-state index contributed by atoms with van der Waals surface area (Å²) in [7, 11) is 0. The van der Waals surface area contributed by atoms with Crippen molar-refractivity contribution in [2.24, 2.45) is 0 Å². The molecule has 0 aliphatic carbocycles. The highest BCUT2D eigenvalue weighted by Gasteiger charge is 2.36. The Balaban J connectivity index is 1.46. The molecule has 9 nitrogen and oxygen atoms in total. The topological polar surface area (TPSA) is 121 Å². The number of benzene rings is 1. The number of halogens is 1. The van der Waals surface area contributed by atoms with Crippen molar-refractivity contribution in [3.63, 3.8) is 0 Å². The summed E-state index contributed by atoms with van der Waals surface area (Å²) in [5, 5.41) is 30.8. The van der Waals surface area contributed by atoms with Gasteiger partial charge in [-0.2, -0.15) is 10.4 Å². The Bertz CT molecular complexity index is 1230. The number of aromatic nitrogens is 4. The summed E-state index contributed by atoms with van der Waals surface area (Å²) in [5.41, 5.74) is 3.19. The van der Waals surface area contributed by atoms with Crippen molar-refractivity contribution in [3.8, 4) is 17.3 Å². The van der Waals surface area contributed by atoms with E-state index in [4.69, 9.17) is 16.3 Å². The van der Waals surface area contributed by atoms with Crippen molar-refractivity contribution in [2.75, 3.05) is 30.4 Å². The zero-order valence-corrected chi connectivity index (χ0v) is 18.9. The highest BCUT2D eigenvalue weighted by atomic mass is 35.5. The van der Waals surface area contributed by atoms with Crippen molar-refractivity contribution >= 4 is 29.1 Å². The number of nitriles is 1. The number of anilines is 3. The Morgan fingerprint density at radius 3 is 3.06 bits per heavy atom. The third kappa shape index (κ3) is 4.13. The number of aliphatic hydroxyl groups is 1. The van der Waals surface area contributed by atoms with Gasteiger partial charge in [0, 0.05) is 36.4 Å². The van der Waals surface area contributed by atoms with E-state index in [0.717, 1.165) is 36.3 Å². The molecule has 0 spiro atoms. The quantitative estimate of drug-likeness (QED) is 0.506. The lowest BCUT2D eigenvalue weighted by molar-refractivity contribution is 0.0945. The molecule has 170 valence electrons. The van der Waals surface area contributed by atoms with Crippen LogP contribution in [-0.4, -0.2) is 50.7 Å². The molecule has 1 aromatic carbocycles. The number of rotatable bonds is 6. The van der Waals surface area contributed by atoms with E-state index in [9.17, 15) is 10.4 Å².